The third-order valence-electron chi connectivity index (χ3n) is 4.96. The summed E-state index contributed by atoms with van der Waals surface area (Å²) in [6, 6.07) is 12.1. The smallest absolute Gasteiger partial charge is 0.407 e. The average molecular weight is 475 g/mol. The minimum atomic E-state index is -1.46. The topological polar surface area (TPSA) is 126 Å². The fourth-order valence-corrected chi connectivity index (χ4v) is 3.37. The van der Waals surface area contributed by atoms with Crippen molar-refractivity contribution in [1.29, 1.82) is 0 Å². The number of aliphatic hydroxyl groups excluding tert-OH is 1. The van der Waals surface area contributed by atoms with E-state index in [-0.39, 0.29) is 13.0 Å². The summed E-state index contributed by atoms with van der Waals surface area (Å²) < 4.78 is 15.8. The van der Waals surface area contributed by atoms with Crippen LogP contribution < -0.4 is 20.1 Å². The van der Waals surface area contributed by atoms with E-state index in [1.165, 1.54) is 14.2 Å². The zero-order valence-electron chi connectivity index (χ0n) is 20.2. The molecule has 0 bridgehead atoms. The molecule has 9 heteroatoms. The van der Waals surface area contributed by atoms with Crippen molar-refractivity contribution in [2.24, 2.45) is 0 Å². The Morgan fingerprint density at radius 3 is 2.06 bits per heavy atom. The van der Waals surface area contributed by atoms with Crippen molar-refractivity contribution < 1.29 is 34.0 Å². The largest absolute Gasteiger partial charge is 0.497 e. The van der Waals surface area contributed by atoms with Gasteiger partial charge in [-0.25, -0.2) is 4.79 Å². The highest BCUT2D eigenvalue weighted by molar-refractivity contribution is 5.75. The van der Waals surface area contributed by atoms with Crippen LogP contribution in [-0.4, -0.2) is 60.3 Å². The number of carboxylic acids is 1. The van der Waals surface area contributed by atoms with Crippen molar-refractivity contribution in [2.45, 2.75) is 57.5 Å². The summed E-state index contributed by atoms with van der Waals surface area (Å²) in [4.78, 5) is 24.5. The standard InChI is InChI=1S/C25H34N2O7/c1-25(2,3)34-24(31)27-20(13-16-9-7-6-8-10-16)22(28)21(23(29)30)26-15-17-11-18(32-4)14-19(12-17)33-5/h6-12,14,20-22,26,28H,13,15H2,1-5H3,(H,27,31)(H,29,30)/t20-,21+,22+/m0/s1. The van der Waals surface area contributed by atoms with Gasteiger partial charge in [-0.05, 0) is 50.5 Å². The zero-order valence-corrected chi connectivity index (χ0v) is 20.2. The van der Waals surface area contributed by atoms with Crippen LogP contribution >= 0.6 is 0 Å². The highest BCUT2D eigenvalue weighted by Crippen LogP contribution is 2.22. The van der Waals surface area contributed by atoms with Gasteiger partial charge in [-0.3, -0.25) is 10.1 Å². The Bertz CT molecular complexity index is 922. The van der Waals surface area contributed by atoms with Gasteiger partial charge in [-0.15, -0.1) is 0 Å². The van der Waals surface area contributed by atoms with Gasteiger partial charge in [0.25, 0.3) is 0 Å². The van der Waals surface area contributed by atoms with Gasteiger partial charge < -0.3 is 29.7 Å². The van der Waals surface area contributed by atoms with Crippen LogP contribution in [0.15, 0.2) is 48.5 Å². The number of carbonyl (C=O) groups is 2. The highest BCUT2D eigenvalue weighted by Gasteiger charge is 2.34. The number of nitrogens with one attached hydrogen (secondary N) is 2. The van der Waals surface area contributed by atoms with Crippen LogP contribution in [0.3, 0.4) is 0 Å². The second-order valence-electron chi connectivity index (χ2n) is 8.85. The van der Waals surface area contributed by atoms with Crippen LogP contribution in [0, 0.1) is 0 Å². The first-order valence-corrected chi connectivity index (χ1v) is 10.9. The van der Waals surface area contributed by atoms with Gasteiger partial charge in [-0.2, -0.15) is 0 Å². The lowest BCUT2D eigenvalue weighted by Gasteiger charge is -2.30. The molecule has 0 aliphatic carbocycles. The molecule has 2 rings (SSSR count). The van der Waals surface area contributed by atoms with Crippen LogP contribution in [0.5, 0.6) is 11.5 Å². The first-order chi connectivity index (χ1) is 16.0. The molecule has 0 unspecified atom stereocenters. The van der Waals surface area contributed by atoms with E-state index in [1.807, 2.05) is 30.3 Å². The van der Waals surface area contributed by atoms with Gasteiger partial charge in [-0.1, -0.05) is 30.3 Å². The molecule has 0 heterocycles. The van der Waals surface area contributed by atoms with Crippen LogP contribution in [0.4, 0.5) is 4.79 Å². The number of carboxylic acid groups (broad SMARTS) is 1. The second-order valence-corrected chi connectivity index (χ2v) is 8.85. The van der Waals surface area contributed by atoms with Gasteiger partial charge in [0, 0.05) is 12.6 Å². The molecular weight excluding hydrogens is 440 g/mol. The van der Waals surface area contributed by atoms with E-state index >= 15 is 0 Å². The van der Waals surface area contributed by atoms with E-state index < -0.39 is 35.9 Å². The Kier molecular flexibility index (Phi) is 9.70. The molecule has 0 aliphatic heterocycles. The predicted molar refractivity (Wildman–Crippen MR) is 127 cm³/mol. The van der Waals surface area contributed by atoms with Gasteiger partial charge in [0.1, 0.15) is 29.2 Å². The second kappa shape index (κ2) is 12.2. The summed E-state index contributed by atoms with van der Waals surface area (Å²) >= 11 is 0. The van der Waals surface area contributed by atoms with E-state index in [0.717, 1.165) is 5.56 Å². The van der Waals surface area contributed by atoms with E-state index in [9.17, 15) is 19.8 Å². The number of hydrogen-bond acceptors (Lipinski definition) is 7. The summed E-state index contributed by atoms with van der Waals surface area (Å²) in [6.07, 6.45) is -1.99. The Morgan fingerprint density at radius 2 is 1.56 bits per heavy atom. The summed E-state index contributed by atoms with van der Waals surface area (Å²) in [5, 5.41) is 26.4. The van der Waals surface area contributed by atoms with Crippen molar-refractivity contribution in [2.75, 3.05) is 14.2 Å². The lowest BCUT2D eigenvalue weighted by atomic mass is 9.96. The SMILES string of the molecule is COc1cc(CN[C@@H](C(=O)O)[C@H](O)[C@H](Cc2ccccc2)NC(=O)OC(C)(C)C)cc(OC)c1. The van der Waals surface area contributed by atoms with Crippen LogP contribution in [0.25, 0.3) is 0 Å². The number of aliphatic hydroxyl groups is 1. The van der Waals surface area contributed by atoms with Crippen molar-refractivity contribution in [3.05, 3.63) is 59.7 Å². The maximum Gasteiger partial charge on any atom is 0.407 e. The summed E-state index contributed by atoms with van der Waals surface area (Å²) in [5.41, 5.74) is 0.779. The van der Waals surface area contributed by atoms with Gasteiger partial charge >= 0.3 is 12.1 Å². The molecule has 1 amide bonds. The number of rotatable bonds is 11. The molecule has 186 valence electrons. The molecule has 2 aromatic carbocycles. The first kappa shape index (κ1) is 26.9. The molecule has 0 saturated heterocycles. The maximum atomic E-state index is 12.4. The van der Waals surface area contributed by atoms with Crippen LogP contribution in [-0.2, 0) is 22.5 Å². The van der Waals surface area contributed by atoms with E-state index in [4.69, 9.17) is 14.2 Å². The Morgan fingerprint density at radius 1 is 0.971 bits per heavy atom. The molecule has 9 nitrogen and oxygen atoms in total. The summed E-state index contributed by atoms with van der Waals surface area (Å²) in [5.74, 6) is -0.152. The Balaban J connectivity index is 2.22. The molecule has 4 N–H and O–H groups in total. The lowest BCUT2D eigenvalue weighted by Crippen LogP contribution is -2.57. The minimum Gasteiger partial charge on any atom is -0.497 e. The molecule has 0 aromatic heterocycles. The predicted octanol–water partition coefficient (Wildman–Crippen LogP) is 2.74. The minimum absolute atomic E-state index is 0.117. The normalized spacial score (nSPS) is 13.9. The Labute approximate surface area is 200 Å². The number of carbonyl (C=O) groups excluding carboxylic acids is 1. The van der Waals surface area contributed by atoms with E-state index in [2.05, 4.69) is 10.6 Å². The number of hydrogen-bond donors (Lipinski definition) is 4. The van der Waals surface area contributed by atoms with Gasteiger partial charge in [0.05, 0.1) is 20.3 Å². The summed E-state index contributed by atoms with van der Waals surface area (Å²) in [6.45, 7) is 5.28. The molecular formula is C25H34N2O7. The number of benzene rings is 2. The first-order valence-electron chi connectivity index (χ1n) is 10.9. The number of alkyl carbamates (subject to hydrolysis) is 1. The number of methoxy groups -OCH3 is 2. The number of amides is 1. The van der Waals surface area contributed by atoms with E-state index in [1.54, 1.807) is 39.0 Å². The number of aliphatic carboxylic acids is 1. The van der Waals surface area contributed by atoms with Crippen molar-refractivity contribution >= 4 is 12.1 Å². The quantitative estimate of drug-likeness (QED) is 0.392. The highest BCUT2D eigenvalue weighted by atomic mass is 16.6. The zero-order chi connectivity index (χ0) is 25.3. The number of ether oxygens (including phenoxy) is 3. The molecule has 0 fully saturated rings. The fraction of sp³-hybridized carbons (Fsp3) is 0.440. The van der Waals surface area contributed by atoms with E-state index in [0.29, 0.717) is 17.1 Å². The monoisotopic (exact) mass is 474 g/mol. The molecule has 0 spiro atoms. The lowest BCUT2D eigenvalue weighted by molar-refractivity contribution is -0.143. The molecule has 3 atom stereocenters. The molecule has 0 radical (unpaired) electrons. The fourth-order valence-electron chi connectivity index (χ4n) is 3.37. The third-order valence-corrected chi connectivity index (χ3v) is 4.96. The van der Waals surface area contributed by atoms with Crippen LogP contribution in [0.1, 0.15) is 31.9 Å². The molecule has 0 aliphatic rings. The Hall–Kier alpha value is -3.30. The van der Waals surface area contributed by atoms with Gasteiger partial charge in [0.2, 0.25) is 0 Å². The molecule has 2 aromatic rings. The van der Waals surface area contributed by atoms with Crippen molar-refractivity contribution in [3.8, 4) is 11.5 Å². The third kappa shape index (κ3) is 8.57. The van der Waals surface area contributed by atoms with Crippen molar-refractivity contribution in [1.82, 2.24) is 10.6 Å². The molecule has 34 heavy (non-hydrogen) atoms. The van der Waals surface area contributed by atoms with Gasteiger partial charge in [0.15, 0.2) is 0 Å². The molecule has 0 saturated carbocycles. The maximum absolute atomic E-state index is 12.4. The summed E-state index contributed by atoms with van der Waals surface area (Å²) in [7, 11) is 3.04. The average Bonchev–Trinajstić information content (AvgIpc) is 2.77. The van der Waals surface area contributed by atoms with Crippen LogP contribution in [0.2, 0.25) is 0 Å². The van der Waals surface area contributed by atoms with Crippen molar-refractivity contribution in [3.63, 3.8) is 0 Å².